The van der Waals surface area contributed by atoms with Gasteiger partial charge in [0.15, 0.2) is 0 Å². The standard InChI is InChI=1S/C8H17Cl2N/c1-2-3-4-5-6-7-8-11(9)10/h2-8H2,1H3. The van der Waals surface area contributed by atoms with Gasteiger partial charge in [-0.15, -0.1) is 3.94 Å². The molecule has 0 aromatic rings. The molecule has 68 valence electrons. The molecule has 0 amide bonds. The van der Waals surface area contributed by atoms with Gasteiger partial charge >= 0.3 is 0 Å². The Balaban J connectivity index is 2.80. The van der Waals surface area contributed by atoms with E-state index in [9.17, 15) is 0 Å². The lowest BCUT2D eigenvalue weighted by Gasteiger charge is -2.02. The molecule has 0 atom stereocenters. The summed E-state index contributed by atoms with van der Waals surface area (Å²) in [5, 5.41) is 0. The van der Waals surface area contributed by atoms with Crippen molar-refractivity contribution in [3.8, 4) is 0 Å². The fraction of sp³-hybridized carbons (Fsp3) is 1.00. The maximum absolute atomic E-state index is 5.42. The minimum absolute atomic E-state index is 0.787. The van der Waals surface area contributed by atoms with E-state index in [0.717, 1.165) is 13.0 Å². The summed E-state index contributed by atoms with van der Waals surface area (Å²) in [5.74, 6) is 0. The number of rotatable bonds is 7. The third-order valence-corrected chi connectivity index (χ3v) is 2.02. The first-order chi connectivity index (χ1) is 5.27. The third-order valence-electron chi connectivity index (χ3n) is 1.68. The number of unbranched alkanes of at least 4 members (excludes halogenated alkanes) is 5. The lowest BCUT2D eigenvalue weighted by molar-refractivity contribution is 0.565. The van der Waals surface area contributed by atoms with E-state index in [0.29, 0.717) is 0 Å². The molecule has 1 nitrogen and oxygen atoms in total. The van der Waals surface area contributed by atoms with Crippen LogP contribution in [0.1, 0.15) is 45.4 Å². The van der Waals surface area contributed by atoms with Crippen molar-refractivity contribution < 1.29 is 0 Å². The molecule has 0 heterocycles. The second kappa shape index (κ2) is 8.63. The molecule has 0 radical (unpaired) electrons. The van der Waals surface area contributed by atoms with Gasteiger partial charge in [-0.2, -0.15) is 0 Å². The van der Waals surface area contributed by atoms with Gasteiger partial charge in [0.1, 0.15) is 0 Å². The Labute approximate surface area is 79.9 Å². The normalized spacial score (nSPS) is 10.9. The van der Waals surface area contributed by atoms with Crippen LogP contribution in [-0.2, 0) is 0 Å². The molecule has 0 saturated heterocycles. The van der Waals surface area contributed by atoms with Gasteiger partial charge in [0.2, 0.25) is 0 Å². The van der Waals surface area contributed by atoms with Crippen molar-refractivity contribution in [2.24, 2.45) is 0 Å². The zero-order valence-corrected chi connectivity index (χ0v) is 8.66. The third kappa shape index (κ3) is 10.5. The van der Waals surface area contributed by atoms with E-state index in [1.807, 2.05) is 0 Å². The monoisotopic (exact) mass is 197 g/mol. The largest absolute Gasteiger partial charge is 0.132 e. The van der Waals surface area contributed by atoms with Gasteiger partial charge in [-0.1, -0.05) is 39.0 Å². The van der Waals surface area contributed by atoms with Gasteiger partial charge in [-0.3, -0.25) is 0 Å². The predicted octanol–water partition coefficient (Wildman–Crippen LogP) is 3.96. The van der Waals surface area contributed by atoms with Gasteiger partial charge in [0.25, 0.3) is 0 Å². The minimum Gasteiger partial charge on any atom is -0.132 e. The quantitative estimate of drug-likeness (QED) is 0.442. The Morgan fingerprint density at radius 1 is 0.909 bits per heavy atom. The summed E-state index contributed by atoms with van der Waals surface area (Å²) >= 11 is 10.8. The fourth-order valence-corrected chi connectivity index (χ4v) is 1.25. The number of nitrogens with zero attached hydrogens (tertiary/aromatic N) is 1. The van der Waals surface area contributed by atoms with E-state index in [2.05, 4.69) is 6.92 Å². The van der Waals surface area contributed by atoms with E-state index in [1.54, 1.807) is 0 Å². The summed E-state index contributed by atoms with van der Waals surface area (Å²) in [6.07, 6.45) is 7.67. The molecule has 0 saturated carbocycles. The highest BCUT2D eigenvalue weighted by atomic mass is 35.5. The predicted molar refractivity (Wildman–Crippen MR) is 51.8 cm³/mol. The highest BCUT2D eigenvalue weighted by Gasteiger charge is 1.94. The molecule has 11 heavy (non-hydrogen) atoms. The smallest absolute Gasteiger partial charge is 0.0304 e. The summed E-state index contributed by atoms with van der Waals surface area (Å²) in [5.41, 5.74) is 0. The summed E-state index contributed by atoms with van der Waals surface area (Å²) in [7, 11) is 0. The average Bonchev–Trinajstić information content (AvgIpc) is 1.96. The van der Waals surface area contributed by atoms with Crippen LogP contribution in [0.2, 0.25) is 0 Å². The van der Waals surface area contributed by atoms with Gasteiger partial charge in [-0.05, 0) is 30.0 Å². The molecule has 0 aromatic heterocycles. The molecule has 0 aromatic carbocycles. The van der Waals surface area contributed by atoms with E-state index in [1.165, 1.54) is 36.0 Å². The lowest BCUT2D eigenvalue weighted by Crippen LogP contribution is -1.99. The molecule has 0 N–H and O–H groups in total. The van der Waals surface area contributed by atoms with Gasteiger partial charge < -0.3 is 0 Å². The molecule has 0 unspecified atom stereocenters. The SMILES string of the molecule is CCCCCCCCN(Cl)Cl. The van der Waals surface area contributed by atoms with Crippen molar-refractivity contribution in [3.05, 3.63) is 0 Å². The Hall–Kier alpha value is 0.540. The lowest BCUT2D eigenvalue weighted by atomic mass is 10.1. The number of hydrogen-bond donors (Lipinski definition) is 0. The highest BCUT2D eigenvalue weighted by molar-refractivity contribution is 6.33. The van der Waals surface area contributed by atoms with Crippen LogP contribution >= 0.6 is 23.6 Å². The second-order valence-corrected chi connectivity index (χ2v) is 3.78. The highest BCUT2D eigenvalue weighted by Crippen LogP contribution is 2.07. The Morgan fingerprint density at radius 2 is 1.45 bits per heavy atom. The van der Waals surface area contributed by atoms with Crippen LogP contribution in [0.15, 0.2) is 0 Å². The van der Waals surface area contributed by atoms with Crippen molar-refractivity contribution in [1.29, 1.82) is 0 Å². The topological polar surface area (TPSA) is 3.24 Å². The Morgan fingerprint density at radius 3 is 2.00 bits per heavy atom. The molecule has 0 spiro atoms. The molecule has 0 aliphatic rings. The van der Waals surface area contributed by atoms with Crippen molar-refractivity contribution in [1.82, 2.24) is 3.94 Å². The number of hydrogen-bond acceptors (Lipinski definition) is 1. The number of halogens is 2. The second-order valence-electron chi connectivity index (χ2n) is 2.79. The van der Waals surface area contributed by atoms with Crippen LogP contribution in [0, 0.1) is 0 Å². The van der Waals surface area contributed by atoms with Crippen LogP contribution in [0.25, 0.3) is 0 Å². The summed E-state index contributed by atoms with van der Waals surface area (Å²) < 4.78 is 1.21. The van der Waals surface area contributed by atoms with Gasteiger partial charge in [-0.25, -0.2) is 0 Å². The Kier molecular flexibility index (Phi) is 9.06. The van der Waals surface area contributed by atoms with Crippen molar-refractivity contribution in [3.63, 3.8) is 0 Å². The molecule has 0 aliphatic heterocycles. The first-order valence-electron chi connectivity index (χ1n) is 4.36. The van der Waals surface area contributed by atoms with E-state index in [4.69, 9.17) is 23.6 Å². The minimum atomic E-state index is 0.787. The molecule has 0 rings (SSSR count). The molecule has 0 aliphatic carbocycles. The average molecular weight is 198 g/mol. The summed E-state index contributed by atoms with van der Waals surface area (Å²) in [4.78, 5) is 0. The van der Waals surface area contributed by atoms with Gasteiger partial charge in [0.05, 0.1) is 0 Å². The van der Waals surface area contributed by atoms with Crippen molar-refractivity contribution >= 4 is 23.6 Å². The molecule has 3 heteroatoms. The summed E-state index contributed by atoms with van der Waals surface area (Å²) in [6, 6.07) is 0. The fourth-order valence-electron chi connectivity index (χ4n) is 1.01. The zero-order valence-electron chi connectivity index (χ0n) is 7.15. The van der Waals surface area contributed by atoms with E-state index in [-0.39, 0.29) is 0 Å². The van der Waals surface area contributed by atoms with Crippen LogP contribution < -0.4 is 0 Å². The first kappa shape index (κ1) is 11.5. The maximum atomic E-state index is 5.42. The molecule has 0 bridgehead atoms. The maximum Gasteiger partial charge on any atom is 0.0304 e. The summed E-state index contributed by atoms with van der Waals surface area (Å²) in [6.45, 7) is 3.01. The first-order valence-corrected chi connectivity index (χ1v) is 5.04. The van der Waals surface area contributed by atoms with Crippen LogP contribution in [-0.4, -0.2) is 10.5 Å². The van der Waals surface area contributed by atoms with Crippen molar-refractivity contribution in [2.45, 2.75) is 45.4 Å². The van der Waals surface area contributed by atoms with Crippen LogP contribution in [0.4, 0.5) is 0 Å². The zero-order chi connectivity index (χ0) is 8.53. The van der Waals surface area contributed by atoms with E-state index >= 15 is 0 Å². The van der Waals surface area contributed by atoms with E-state index < -0.39 is 0 Å². The van der Waals surface area contributed by atoms with Gasteiger partial charge in [0, 0.05) is 6.54 Å². The molecular weight excluding hydrogens is 181 g/mol. The molecular formula is C8H17Cl2N. The van der Waals surface area contributed by atoms with Crippen LogP contribution in [0.5, 0.6) is 0 Å². The molecule has 0 fully saturated rings. The van der Waals surface area contributed by atoms with Crippen LogP contribution in [0.3, 0.4) is 0 Å². The van der Waals surface area contributed by atoms with Crippen molar-refractivity contribution in [2.75, 3.05) is 6.54 Å². The Bertz CT molecular complexity index is 76.5.